The average molecular weight is 559 g/mol. The van der Waals surface area contributed by atoms with Crippen molar-refractivity contribution < 1.29 is 61.6 Å². The topological polar surface area (TPSA) is 81.7 Å². The Labute approximate surface area is 206 Å². The van der Waals surface area contributed by atoms with Crippen LogP contribution in [0.5, 0.6) is 0 Å². The molecule has 1 aliphatic carbocycles. The van der Waals surface area contributed by atoms with Crippen molar-refractivity contribution in [2.24, 2.45) is 0 Å². The summed E-state index contributed by atoms with van der Waals surface area (Å²) in [6, 6.07) is 14.9. The summed E-state index contributed by atoms with van der Waals surface area (Å²) in [5, 5.41) is 2.41. The minimum absolute atomic E-state index is 0. The maximum Gasteiger partial charge on any atom is 0.407 e. The largest absolute Gasteiger partial charge is 0.542 e. The Bertz CT molecular complexity index is 876. The van der Waals surface area contributed by atoms with Crippen LogP contribution in [0.25, 0.3) is 11.1 Å². The quantitative estimate of drug-likeness (QED) is 0.332. The predicted octanol–water partition coefficient (Wildman–Crippen LogP) is 3.74. The summed E-state index contributed by atoms with van der Waals surface area (Å²) >= 11 is 0. The SMILES string of the molecule is CC(C)(C)OC(=O)[C@H](C[C-]=O)NC(=O)OCC1c2ccccc2-c2ccccc21.[Ho]. The molecule has 6 nitrogen and oxygen atoms in total. The zero-order valence-corrected chi connectivity index (χ0v) is 19.0. The molecule has 2 aromatic carbocycles. The molecule has 0 fully saturated rings. The van der Waals surface area contributed by atoms with E-state index in [1.165, 1.54) is 0 Å². The molecule has 1 N–H and O–H groups in total. The van der Waals surface area contributed by atoms with Gasteiger partial charge in [-0.3, -0.25) is 6.29 Å². The molecule has 0 spiro atoms. The van der Waals surface area contributed by atoms with E-state index in [0.717, 1.165) is 22.3 Å². The molecule has 7 heteroatoms. The van der Waals surface area contributed by atoms with Crippen LogP contribution in [0.4, 0.5) is 4.79 Å². The molecule has 2 aromatic rings. The van der Waals surface area contributed by atoms with E-state index in [4.69, 9.17) is 9.47 Å². The molecular weight excluding hydrogens is 535 g/mol. The number of alkyl carbamates (subject to hydrolysis) is 1. The van der Waals surface area contributed by atoms with Gasteiger partial charge in [-0.1, -0.05) is 48.5 Å². The molecule has 0 aromatic heterocycles. The Kier molecular flexibility index (Phi) is 8.47. The third-order valence-corrected chi connectivity index (χ3v) is 4.61. The smallest absolute Gasteiger partial charge is 0.407 e. The van der Waals surface area contributed by atoms with Crippen molar-refractivity contribution in [1.82, 2.24) is 5.32 Å². The summed E-state index contributed by atoms with van der Waals surface area (Å²) in [5.41, 5.74) is 3.69. The maximum atomic E-state index is 12.3. The molecule has 0 heterocycles. The van der Waals surface area contributed by atoms with Gasteiger partial charge in [0.15, 0.2) is 0 Å². The number of carbonyl (C=O) groups is 2. The molecule has 0 aliphatic heterocycles. The van der Waals surface area contributed by atoms with Gasteiger partial charge in [0, 0.05) is 43.7 Å². The first kappa shape index (κ1) is 24.4. The Morgan fingerprint density at radius 2 is 1.57 bits per heavy atom. The number of fused-ring (bicyclic) bond motifs is 3. The monoisotopic (exact) mass is 559 g/mol. The first-order valence-corrected chi connectivity index (χ1v) is 9.49. The van der Waals surface area contributed by atoms with Crippen molar-refractivity contribution >= 4 is 18.3 Å². The molecule has 0 bridgehead atoms. The molecule has 0 unspecified atom stereocenters. The fraction of sp³-hybridized carbons (Fsp3) is 0.348. The van der Waals surface area contributed by atoms with Crippen molar-refractivity contribution in [2.45, 2.75) is 44.8 Å². The molecule has 1 atom stereocenters. The molecule has 3 rings (SSSR count). The molecule has 163 valence electrons. The maximum absolute atomic E-state index is 12.3. The number of rotatable bonds is 6. The molecule has 1 aliphatic rings. The molecule has 0 saturated carbocycles. The fourth-order valence-corrected chi connectivity index (χ4v) is 3.43. The van der Waals surface area contributed by atoms with Crippen LogP contribution in [0.3, 0.4) is 0 Å². The van der Waals surface area contributed by atoms with Crippen LogP contribution in [-0.4, -0.2) is 36.6 Å². The third kappa shape index (κ3) is 5.84. The van der Waals surface area contributed by atoms with Crippen LogP contribution >= 0.6 is 0 Å². The Hall–Kier alpha value is -1.89. The van der Waals surface area contributed by atoms with Gasteiger partial charge >= 0.3 is 12.1 Å². The fourth-order valence-electron chi connectivity index (χ4n) is 3.43. The van der Waals surface area contributed by atoms with E-state index in [9.17, 15) is 14.4 Å². The summed E-state index contributed by atoms with van der Waals surface area (Å²) in [4.78, 5) is 35.3. The van der Waals surface area contributed by atoms with E-state index >= 15 is 0 Å². The first-order chi connectivity index (χ1) is 13.8. The number of hydrogen-bond acceptors (Lipinski definition) is 5. The number of ether oxygens (including phenoxy) is 2. The zero-order chi connectivity index (χ0) is 21.0. The van der Waals surface area contributed by atoms with Crippen molar-refractivity contribution in [3.63, 3.8) is 0 Å². The van der Waals surface area contributed by atoms with Crippen LogP contribution in [0.1, 0.15) is 44.2 Å². The van der Waals surface area contributed by atoms with Crippen molar-refractivity contribution in [3.05, 3.63) is 59.7 Å². The van der Waals surface area contributed by atoms with Gasteiger partial charge in [0.2, 0.25) is 0 Å². The van der Waals surface area contributed by atoms with Gasteiger partial charge in [-0.15, -0.1) is 6.42 Å². The summed E-state index contributed by atoms with van der Waals surface area (Å²) < 4.78 is 10.6. The van der Waals surface area contributed by atoms with E-state index in [-0.39, 0.29) is 56.7 Å². The van der Waals surface area contributed by atoms with Crippen LogP contribution in [0.2, 0.25) is 0 Å². The van der Waals surface area contributed by atoms with Crippen LogP contribution < -0.4 is 5.32 Å². The molecule has 0 saturated heterocycles. The number of esters is 1. The van der Waals surface area contributed by atoms with E-state index in [1.54, 1.807) is 27.1 Å². The van der Waals surface area contributed by atoms with Gasteiger partial charge in [-0.2, -0.15) is 0 Å². The molecular formula is C23H24HoNO5-. The van der Waals surface area contributed by atoms with Gasteiger partial charge in [0.05, 0.1) is 0 Å². The van der Waals surface area contributed by atoms with E-state index in [0.29, 0.717) is 0 Å². The Balaban J connectivity index is 0.00000320. The minimum Gasteiger partial charge on any atom is -0.542 e. The Morgan fingerprint density at radius 3 is 2.07 bits per heavy atom. The van der Waals surface area contributed by atoms with Crippen LogP contribution in [-0.2, 0) is 19.1 Å². The number of hydrogen-bond donors (Lipinski definition) is 1. The standard InChI is InChI=1S/C23H24NO5.Ho/c1-23(2,3)29-21(26)20(12-13-25)24-22(27)28-14-19-17-10-6-4-8-15(17)16-9-5-7-11-18(16)19;/h4-11,19-20H,12,14H2,1-3H3,(H,24,27);/q-1;/t20-;/m0./s1. The first-order valence-electron chi connectivity index (χ1n) is 9.49. The number of amides is 1. The van der Waals surface area contributed by atoms with Gasteiger partial charge in [-0.25, -0.2) is 9.59 Å². The minimum atomic E-state index is -1.14. The second-order valence-corrected chi connectivity index (χ2v) is 7.90. The zero-order valence-electron chi connectivity index (χ0n) is 17.0. The molecule has 1 amide bonds. The van der Waals surface area contributed by atoms with E-state index in [2.05, 4.69) is 5.32 Å². The second-order valence-electron chi connectivity index (χ2n) is 7.90. The number of nitrogens with one attached hydrogen (secondary N) is 1. The number of carbonyl (C=O) groups excluding carboxylic acids is 3. The normalized spacial score (nSPS) is 13.3. The van der Waals surface area contributed by atoms with Crippen molar-refractivity contribution in [3.8, 4) is 11.1 Å². The van der Waals surface area contributed by atoms with Gasteiger partial charge in [-0.05, 0) is 43.0 Å². The summed E-state index contributed by atoms with van der Waals surface area (Å²) in [5.74, 6) is -0.792. The van der Waals surface area contributed by atoms with Crippen molar-refractivity contribution in [1.29, 1.82) is 0 Å². The van der Waals surface area contributed by atoms with E-state index < -0.39 is 23.7 Å². The van der Waals surface area contributed by atoms with Crippen LogP contribution in [0, 0.1) is 37.7 Å². The van der Waals surface area contributed by atoms with E-state index in [1.807, 2.05) is 48.5 Å². The van der Waals surface area contributed by atoms with Gasteiger partial charge in [0.25, 0.3) is 0 Å². The van der Waals surface area contributed by atoms with Gasteiger partial charge in [0.1, 0.15) is 18.2 Å². The number of benzene rings is 2. The summed E-state index contributed by atoms with van der Waals surface area (Å²) in [7, 11) is 0. The third-order valence-electron chi connectivity index (χ3n) is 4.61. The summed E-state index contributed by atoms with van der Waals surface area (Å²) in [6.07, 6.45) is 0.556. The second kappa shape index (κ2) is 10.4. The molecule has 1 radical (unpaired) electrons. The molecule has 30 heavy (non-hydrogen) atoms. The van der Waals surface area contributed by atoms with Gasteiger partial charge < -0.3 is 19.6 Å². The predicted molar refractivity (Wildman–Crippen MR) is 108 cm³/mol. The van der Waals surface area contributed by atoms with Crippen LogP contribution in [0.15, 0.2) is 48.5 Å². The summed E-state index contributed by atoms with van der Waals surface area (Å²) in [6.45, 7) is 5.24. The van der Waals surface area contributed by atoms with Crippen molar-refractivity contribution in [2.75, 3.05) is 6.61 Å². The Morgan fingerprint density at radius 1 is 1.03 bits per heavy atom. The average Bonchev–Trinajstić information content (AvgIpc) is 2.99.